The minimum absolute atomic E-state index is 0.0595. The molecule has 0 radical (unpaired) electrons. The van der Waals surface area contributed by atoms with Crippen LogP contribution in [0.15, 0.2) is 43.1 Å². The highest BCUT2D eigenvalue weighted by Gasteiger charge is 2.21. The molecule has 130 valence electrons. The molecule has 1 N–H and O–H groups in total. The maximum atomic E-state index is 12.8. The van der Waals surface area contributed by atoms with Gasteiger partial charge >= 0.3 is 0 Å². The molecule has 0 bridgehead atoms. The first-order valence-corrected chi connectivity index (χ1v) is 8.34. The minimum atomic E-state index is -0.0595. The van der Waals surface area contributed by atoms with E-state index in [0.717, 1.165) is 22.5 Å². The first kappa shape index (κ1) is 17.0. The highest BCUT2D eigenvalue weighted by atomic mass is 16.2. The molecule has 3 aromatic rings. The quantitative estimate of drug-likeness (QED) is 0.777. The number of aromatic amines is 1. The molecular weight excluding hydrogens is 314 g/mol. The third-order valence-electron chi connectivity index (χ3n) is 4.22. The Bertz CT molecular complexity index is 864. The van der Waals surface area contributed by atoms with E-state index < -0.39 is 0 Å². The number of aromatic nitrogens is 4. The second kappa shape index (κ2) is 6.93. The number of amides is 1. The summed E-state index contributed by atoms with van der Waals surface area (Å²) in [5.41, 5.74) is 3.73. The van der Waals surface area contributed by atoms with E-state index in [1.807, 2.05) is 32.0 Å². The number of carbonyl (C=O) groups is 1. The predicted octanol–water partition coefficient (Wildman–Crippen LogP) is 3.17. The van der Waals surface area contributed by atoms with Gasteiger partial charge in [-0.3, -0.25) is 4.79 Å². The molecule has 0 unspecified atom stereocenters. The Morgan fingerprint density at radius 1 is 1.32 bits per heavy atom. The van der Waals surface area contributed by atoms with Crippen molar-refractivity contribution in [3.63, 3.8) is 0 Å². The number of benzene rings is 1. The Balaban J connectivity index is 1.88. The molecule has 0 spiro atoms. The Kier molecular flexibility index (Phi) is 4.70. The Hall–Kier alpha value is -2.89. The number of hydrogen-bond donors (Lipinski definition) is 1. The second-order valence-corrected chi connectivity index (χ2v) is 6.54. The van der Waals surface area contributed by atoms with Gasteiger partial charge in [-0.05, 0) is 38.0 Å². The summed E-state index contributed by atoms with van der Waals surface area (Å²) in [4.78, 5) is 26.3. The van der Waals surface area contributed by atoms with E-state index in [4.69, 9.17) is 0 Å². The average Bonchev–Trinajstić information content (AvgIpc) is 3.24. The third kappa shape index (κ3) is 3.63. The van der Waals surface area contributed by atoms with Gasteiger partial charge in [0, 0.05) is 43.8 Å². The maximum Gasteiger partial charge on any atom is 0.274 e. The fraction of sp³-hybridized carbons (Fsp3) is 0.316. The van der Waals surface area contributed by atoms with E-state index in [0.29, 0.717) is 12.2 Å². The molecule has 0 saturated heterocycles. The molecule has 3 rings (SSSR count). The van der Waals surface area contributed by atoms with Crippen molar-refractivity contribution in [2.75, 3.05) is 0 Å². The Labute approximate surface area is 147 Å². The van der Waals surface area contributed by atoms with Gasteiger partial charge in [0.05, 0.1) is 6.33 Å². The fourth-order valence-corrected chi connectivity index (χ4v) is 2.79. The summed E-state index contributed by atoms with van der Waals surface area (Å²) in [7, 11) is 1.86. The summed E-state index contributed by atoms with van der Waals surface area (Å²) in [6, 6.07) is 6.29. The average molecular weight is 337 g/mol. The standard InChI is InChI=1S/C19H23N5O/c1-13(2)24(19(25)17-11-23(4)12-22-17)10-15-6-5-14(3)16(9-15)18-20-7-8-21-18/h5-9,11-13H,10H2,1-4H3,(H,20,21). The number of imidazole rings is 2. The van der Waals surface area contributed by atoms with Crippen LogP contribution in [-0.4, -0.2) is 36.4 Å². The van der Waals surface area contributed by atoms with Gasteiger partial charge in [-0.2, -0.15) is 0 Å². The molecule has 0 aliphatic heterocycles. The van der Waals surface area contributed by atoms with Crippen LogP contribution in [-0.2, 0) is 13.6 Å². The van der Waals surface area contributed by atoms with E-state index in [-0.39, 0.29) is 11.9 Å². The Morgan fingerprint density at radius 3 is 2.72 bits per heavy atom. The van der Waals surface area contributed by atoms with E-state index >= 15 is 0 Å². The fourth-order valence-electron chi connectivity index (χ4n) is 2.79. The largest absolute Gasteiger partial charge is 0.345 e. The number of nitrogens with zero attached hydrogens (tertiary/aromatic N) is 4. The lowest BCUT2D eigenvalue weighted by molar-refractivity contribution is 0.0684. The molecule has 25 heavy (non-hydrogen) atoms. The SMILES string of the molecule is Cc1ccc(CN(C(=O)c2cn(C)cn2)C(C)C)cc1-c1ncc[nH]1. The topological polar surface area (TPSA) is 66.8 Å². The van der Waals surface area contributed by atoms with Gasteiger partial charge in [0.15, 0.2) is 0 Å². The van der Waals surface area contributed by atoms with Crippen LogP contribution in [0.5, 0.6) is 0 Å². The molecule has 6 heteroatoms. The zero-order valence-corrected chi connectivity index (χ0v) is 15.0. The van der Waals surface area contributed by atoms with E-state index in [9.17, 15) is 4.79 Å². The third-order valence-corrected chi connectivity index (χ3v) is 4.22. The van der Waals surface area contributed by atoms with E-state index in [1.165, 1.54) is 0 Å². The van der Waals surface area contributed by atoms with Crippen molar-refractivity contribution in [1.29, 1.82) is 0 Å². The highest BCUT2D eigenvalue weighted by Crippen LogP contribution is 2.23. The molecule has 0 saturated carbocycles. The molecule has 0 fully saturated rings. The summed E-state index contributed by atoms with van der Waals surface area (Å²) in [5, 5.41) is 0. The predicted molar refractivity (Wildman–Crippen MR) is 97.0 cm³/mol. The molecule has 1 aromatic carbocycles. The maximum absolute atomic E-state index is 12.8. The molecule has 0 aliphatic rings. The Morgan fingerprint density at radius 2 is 2.12 bits per heavy atom. The van der Waals surface area contributed by atoms with E-state index in [1.54, 1.807) is 23.3 Å². The lowest BCUT2D eigenvalue weighted by Gasteiger charge is -2.26. The number of carbonyl (C=O) groups excluding carboxylic acids is 1. The van der Waals surface area contributed by atoms with Crippen molar-refractivity contribution in [2.24, 2.45) is 7.05 Å². The van der Waals surface area contributed by atoms with Gasteiger partial charge in [0.2, 0.25) is 0 Å². The van der Waals surface area contributed by atoms with Gasteiger partial charge in [0.1, 0.15) is 11.5 Å². The number of nitrogens with one attached hydrogen (secondary N) is 1. The summed E-state index contributed by atoms with van der Waals surface area (Å²) in [5.74, 6) is 0.780. The molecule has 0 aliphatic carbocycles. The number of aryl methyl sites for hydroxylation is 2. The zero-order chi connectivity index (χ0) is 18.0. The number of hydrogen-bond acceptors (Lipinski definition) is 3. The first-order valence-electron chi connectivity index (χ1n) is 8.34. The van der Waals surface area contributed by atoms with Gasteiger partial charge in [-0.15, -0.1) is 0 Å². The lowest BCUT2D eigenvalue weighted by Crippen LogP contribution is -2.36. The summed E-state index contributed by atoms with van der Waals surface area (Å²) < 4.78 is 1.78. The van der Waals surface area contributed by atoms with Crippen LogP contribution >= 0.6 is 0 Å². The van der Waals surface area contributed by atoms with Crippen LogP contribution < -0.4 is 0 Å². The van der Waals surface area contributed by atoms with Crippen LogP contribution in [0, 0.1) is 6.92 Å². The first-order chi connectivity index (χ1) is 12.0. The normalized spacial score (nSPS) is 11.1. The van der Waals surface area contributed by atoms with Gasteiger partial charge in [-0.25, -0.2) is 9.97 Å². The van der Waals surface area contributed by atoms with Gasteiger partial charge < -0.3 is 14.5 Å². The van der Waals surface area contributed by atoms with Crippen molar-refractivity contribution in [1.82, 2.24) is 24.4 Å². The van der Waals surface area contributed by atoms with Crippen molar-refractivity contribution in [2.45, 2.75) is 33.4 Å². The van der Waals surface area contributed by atoms with Crippen molar-refractivity contribution >= 4 is 5.91 Å². The van der Waals surface area contributed by atoms with Crippen LogP contribution in [0.2, 0.25) is 0 Å². The minimum Gasteiger partial charge on any atom is -0.345 e. The van der Waals surface area contributed by atoms with Crippen molar-refractivity contribution in [3.8, 4) is 11.4 Å². The summed E-state index contributed by atoms with van der Waals surface area (Å²) >= 11 is 0. The summed E-state index contributed by atoms with van der Waals surface area (Å²) in [6.07, 6.45) is 6.95. The summed E-state index contributed by atoms with van der Waals surface area (Å²) in [6.45, 7) is 6.62. The molecule has 6 nitrogen and oxygen atoms in total. The molecule has 1 amide bonds. The van der Waals surface area contributed by atoms with Gasteiger partial charge in [-0.1, -0.05) is 12.1 Å². The lowest BCUT2D eigenvalue weighted by atomic mass is 10.0. The van der Waals surface area contributed by atoms with Crippen molar-refractivity contribution < 1.29 is 4.79 Å². The number of H-pyrrole nitrogens is 1. The van der Waals surface area contributed by atoms with Crippen LogP contribution in [0.25, 0.3) is 11.4 Å². The molecule has 2 aromatic heterocycles. The van der Waals surface area contributed by atoms with Gasteiger partial charge in [0.25, 0.3) is 5.91 Å². The van der Waals surface area contributed by atoms with E-state index in [2.05, 4.69) is 40.1 Å². The second-order valence-electron chi connectivity index (χ2n) is 6.54. The smallest absolute Gasteiger partial charge is 0.274 e. The zero-order valence-electron chi connectivity index (χ0n) is 15.0. The van der Waals surface area contributed by atoms with Crippen molar-refractivity contribution in [3.05, 3.63) is 59.9 Å². The molecule has 0 atom stereocenters. The van der Waals surface area contributed by atoms with Crippen LogP contribution in [0.3, 0.4) is 0 Å². The monoisotopic (exact) mass is 337 g/mol. The van der Waals surface area contributed by atoms with Crippen LogP contribution in [0.1, 0.15) is 35.5 Å². The highest BCUT2D eigenvalue weighted by molar-refractivity contribution is 5.92. The number of rotatable bonds is 5. The molecule has 2 heterocycles. The molecular formula is C19H23N5O. The van der Waals surface area contributed by atoms with Crippen LogP contribution in [0.4, 0.5) is 0 Å².